The molecule has 0 aliphatic heterocycles. The molecule has 0 unspecified atom stereocenters. The van der Waals surface area contributed by atoms with Gasteiger partial charge in [-0.3, -0.25) is 4.79 Å². The zero-order valence-corrected chi connectivity index (χ0v) is 17.1. The lowest BCUT2D eigenvalue weighted by Crippen LogP contribution is -2.16. The number of aryl methyl sites for hydroxylation is 2. The Labute approximate surface area is 170 Å². The van der Waals surface area contributed by atoms with E-state index in [0.29, 0.717) is 17.2 Å². The summed E-state index contributed by atoms with van der Waals surface area (Å²) in [5, 5.41) is 8.61. The molecule has 0 aliphatic carbocycles. The van der Waals surface area contributed by atoms with Gasteiger partial charge in [-0.25, -0.2) is 4.98 Å². The summed E-state index contributed by atoms with van der Waals surface area (Å²) in [7, 11) is 0. The van der Waals surface area contributed by atoms with Gasteiger partial charge in [-0.1, -0.05) is 30.3 Å². The molecule has 2 aromatic heterocycles. The predicted molar refractivity (Wildman–Crippen MR) is 115 cm³/mol. The van der Waals surface area contributed by atoms with E-state index < -0.39 is 0 Å². The summed E-state index contributed by atoms with van der Waals surface area (Å²) >= 11 is 2.16. The van der Waals surface area contributed by atoms with E-state index in [4.69, 9.17) is 4.98 Å². The fourth-order valence-corrected chi connectivity index (χ4v) is 3.66. The van der Waals surface area contributed by atoms with Gasteiger partial charge in [0.1, 0.15) is 5.82 Å². The Hall–Kier alpha value is -2.74. The van der Waals surface area contributed by atoms with E-state index in [-0.39, 0.29) is 5.91 Å². The molecule has 134 valence electrons. The molecule has 1 N–H and O–H groups in total. The van der Waals surface area contributed by atoms with Gasteiger partial charge in [0.2, 0.25) is 0 Å². The lowest BCUT2D eigenvalue weighted by atomic mass is 10.1. The van der Waals surface area contributed by atoms with Crippen LogP contribution in [0.2, 0.25) is 0 Å². The third-order valence-corrected chi connectivity index (χ3v) is 5.26. The number of anilines is 1. The molecule has 0 spiro atoms. The van der Waals surface area contributed by atoms with Crippen LogP contribution in [0.5, 0.6) is 0 Å². The first-order valence-corrected chi connectivity index (χ1v) is 9.60. The third-order valence-electron chi connectivity index (χ3n) is 4.32. The van der Waals surface area contributed by atoms with Gasteiger partial charge in [-0.15, -0.1) is 0 Å². The second-order valence-corrected chi connectivity index (χ2v) is 7.49. The summed E-state index contributed by atoms with van der Waals surface area (Å²) in [6.45, 7) is 3.95. The molecule has 0 bridgehead atoms. The molecule has 0 aliphatic rings. The van der Waals surface area contributed by atoms with E-state index in [0.717, 1.165) is 25.7 Å². The smallest absolute Gasteiger partial charge is 0.257 e. The number of carbonyl (C=O) groups is 1. The number of amides is 1. The number of fused-ring (bicyclic) bond motifs is 1. The number of hydrogen-bond donors (Lipinski definition) is 1. The maximum absolute atomic E-state index is 12.7. The van der Waals surface area contributed by atoms with E-state index in [1.807, 2.05) is 61.5 Å². The molecular weight excluding hydrogens is 451 g/mol. The molecule has 27 heavy (non-hydrogen) atoms. The van der Waals surface area contributed by atoms with Crippen molar-refractivity contribution in [3.8, 4) is 5.82 Å². The molecule has 0 radical (unpaired) electrons. The van der Waals surface area contributed by atoms with Crippen LogP contribution in [0.25, 0.3) is 16.7 Å². The van der Waals surface area contributed by atoms with Gasteiger partial charge in [0, 0.05) is 15.0 Å². The summed E-state index contributed by atoms with van der Waals surface area (Å²) in [5.74, 6) is 1.11. The third kappa shape index (κ3) is 3.44. The topological polar surface area (TPSA) is 59.8 Å². The van der Waals surface area contributed by atoms with Crippen LogP contribution >= 0.6 is 22.6 Å². The number of aromatic nitrogens is 3. The highest BCUT2D eigenvalue weighted by Crippen LogP contribution is 2.23. The van der Waals surface area contributed by atoms with Gasteiger partial charge in [-0.2, -0.15) is 9.78 Å². The molecule has 0 fully saturated rings. The summed E-state index contributed by atoms with van der Waals surface area (Å²) in [6.07, 6.45) is 0. The number of halogens is 1. The molecule has 2 aromatic carbocycles. The van der Waals surface area contributed by atoms with Crippen LogP contribution in [0.3, 0.4) is 0 Å². The summed E-state index contributed by atoms with van der Waals surface area (Å²) in [6, 6.07) is 19.3. The highest BCUT2D eigenvalue weighted by molar-refractivity contribution is 14.1. The van der Waals surface area contributed by atoms with Crippen molar-refractivity contribution in [1.82, 2.24) is 14.8 Å². The van der Waals surface area contributed by atoms with E-state index in [1.165, 1.54) is 0 Å². The van der Waals surface area contributed by atoms with E-state index in [1.54, 1.807) is 4.68 Å². The summed E-state index contributed by atoms with van der Waals surface area (Å²) < 4.78 is 2.58. The molecule has 4 aromatic rings. The average molecular weight is 468 g/mol. The fraction of sp³-hybridized carbons (Fsp3) is 0.0952. The first-order chi connectivity index (χ1) is 13.0. The fourth-order valence-electron chi connectivity index (χ4n) is 3.03. The molecule has 2 heterocycles. The normalized spacial score (nSPS) is 10.9. The molecule has 6 heteroatoms. The van der Waals surface area contributed by atoms with Crippen molar-refractivity contribution >= 4 is 45.2 Å². The quantitative estimate of drug-likeness (QED) is 0.436. The maximum atomic E-state index is 12.7. The summed E-state index contributed by atoms with van der Waals surface area (Å²) in [5.41, 5.74) is 3.45. The van der Waals surface area contributed by atoms with Crippen LogP contribution in [0, 0.1) is 17.4 Å². The van der Waals surface area contributed by atoms with E-state index >= 15 is 0 Å². The maximum Gasteiger partial charge on any atom is 0.257 e. The second kappa shape index (κ2) is 7.11. The van der Waals surface area contributed by atoms with E-state index in [9.17, 15) is 4.79 Å². The van der Waals surface area contributed by atoms with Crippen LogP contribution in [-0.4, -0.2) is 20.7 Å². The Kier molecular flexibility index (Phi) is 4.65. The monoisotopic (exact) mass is 468 g/mol. The molecule has 4 rings (SSSR count). The van der Waals surface area contributed by atoms with Crippen molar-refractivity contribution in [2.45, 2.75) is 13.8 Å². The lowest BCUT2D eigenvalue weighted by Gasteiger charge is -2.11. The van der Waals surface area contributed by atoms with E-state index in [2.05, 4.69) is 46.0 Å². The summed E-state index contributed by atoms with van der Waals surface area (Å²) in [4.78, 5) is 17.5. The van der Waals surface area contributed by atoms with Crippen molar-refractivity contribution < 1.29 is 4.79 Å². The van der Waals surface area contributed by atoms with Gasteiger partial charge >= 0.3 is 0 Å². The number of nitrogens with zero attached hydrogens (tertiary/aromatic N) is 3. The van der Waals surface area contributed by atoms with Crippen LogP contribution in [0.1, 0.15) is 21.6 Å². The van der Waals surface area contributed by atoms with Gasteiger partial charge in [0.15, 0.2) is 5.82 Å². The zero-order valence-electron chi connectivity index (χ0n) is 14.9. The molecule has 0 atom stereocenters. The molecule has 0 saturated carbocycles. The first kappa shape index (κ1) is 17.7. The number of benzene rings is 2. The number of carbonyl (C=O) groups excluding carboxylic acids is 1. The minimum Gasteiger partial charge on any atom is -0.306 e. The molecule has 1 amide bonds. The number of rotatable bonds is 3. The van der Waals surface area contributed by atoms with Crippen molar-refractivity contribution in [1.29, 1.82) is 0 Å². The van der Waals surface area contributed by atoms with Gasteiger partial charge in [0.05, 0.1) is 16.8 Å². The molecule has 5 nitrogen and oxygen atoms in total. The van der Waals surface area contributed by atoms with Gasteiger partial charge < -0.3 is 5.32 Å². The average Bonchev–Trinajstić information content (AvgIpc) is 3.02. The molecular formula is C21H17IN4O. The largest absolute Gasteiger partial charge is 0.306 e. The minimum absolute atomic E-state index is 0.168. The number of pyridine rings is 1. The van der Waals surface area contributed by atoms with Crippen LogP contribution in [0.4, 0.5) is 5.82 Å². The Morgan fingerprint density at radius 2 is 1.78 bits per heavy atom. The predicted octanol–water partition coefficient (Wildman–Crippen LogP) is 4.89. The number of para-hydroxylation sites is 1. The van der Waals surface area contributed by atoms with Crippen molar-refractivity contribution in [2.24, 2.45) is 0 Å². The van der Waals surface area contributed by atoms with Crippen molar-refractivity contribution in [2.75, 3.05) is 5.32 Å². The second-order valence-electron chi connectivity index (χ2n) is 6.33. The SMILES string of the molecule is Cc1cc(NC(=O)c2ccccc2I)n(-c2cc(C)c3ccccc3n2)n1. The Balaban J connectivity index is 1.76. The first-order valence-electron chi connectivity index (χ1n) is 8.52. The Morgan fingerprint density at radius 3 is 2.59 bits per heavy atom. The highest BCUT2D eigenvalue weighted by atomic mass is 127. The lowest BCUT2D eigenvalue weighted by molar-refractivity contribution is 0.102. The van der Waals surface area contributed by atoms with Crippen LogP contribution in [-0.2, 0) is 0 Å². The number of hydrogen-bond acceptors (Lipinski definition) is 3. The minimum atomic E-state index is -0.168. The standard InChI is InChI=1S/C21H17IN4O/c1-13-11-19(23-18-10-6-4-7-15(13)18)26-20(12-14(2)25-26)24-21(27)16-8-3-5-9-17(16)22/h3-12H,1-2H3,(H,24,27). The van der Waals surface area contributed by atoms with Crippen molar-refractivity contribution in [3.63, 3.8) is 0 Å². The van der Waals surface area contributed by atoms with Crippen LogP contribution in [0.15, 0.2) is 60.7 Å². The molecule has 0 saturated heterocycles. The zero-order chi connectivity index (χ0) is 19.0. The Morgan fingerprint density at radius 1 is 1.04 bits per heavy atom. The van der Waals surface area contributed by atoms with Gasteiger partial charge in [0.25, 0.3) is 5.91 Å². The Bertz CT molecular complexity index is 1170. The van der Waals surface area contributed by atoms with Crippen molar-refractivity contribution in [3.05, 3.63) is 81.1 Å². The highest BCUT2D eigenvalue weighted by Gasteiger charge is 2.15. The number of nitrogens with one attached hydrogen (secondary N) is 1. The van der Waals surface area contributed by atoms with Gasteiger partial charge in [-0.05, 0) is 66.3 Å². The van der Waals surface area contributed by atoms with Crippen LogP contribution < -0.4 is 5.32 Å².